The zero-order valence-electron chi connectivity index (χ0n) is 13.7. The largest absolute Gasteiger partial charge is 0.369 e. The molecule has 5 heteroatoms. The van der Waals surface area contributed by atoms with Gasteiger partial charge in [0.1, 0.15) is 0 Å². The highest BCUT2D eigenvalue weighted by Gasteiger charge is 2.26. The van der Waals surface area contributed by atoms with Crippen molar-refractivity contribution in [2.45, 2.75) is 60.0 Å². The van der Waals surface area contributed by atoms with Crippen molar-refractivity contribution in [1.29, 1.82) is 0 Å². The standard InChI is InChI=1S/C15H28N4O/c1-10(17-9-15(6,7)13(16)20)12-8-19(14(3,4)5)18-11(12)2/h8,10,17H,9H2,1-7H3,(H2,16,20)/t10-/m0/s1. The number of hydrogen-bond donors (Lipinski definition) is 2. The van der Waals surface area contributed by atoms with E-state index in [0.717, 1.165) is 11.3 Å². The normalized spacial score (nSPS) is 14.3. The maximum absolute atomic E-state index is 11.3. The number of hydrogen-bond acceptors (Lipinski definition) is 3. The summed E-state index contributed by atoms with van der Waals surface area (Å²) < 4.78 is 1.98. The predicted octanol–water partition coefficient (Wildman–Crippen LogP) is 2.11. The molecule has 0 aliphatic carbocycles. The van der Waals surface area contributed by atoms with Gasteiger partial charge in [-0.1, -0.05) is 0 Å². The number of amides is 1. The van der Waals surface area contributed by atoms with Crippen LogP contribution in [0.5, 0.6) is 0 Å². The quantitative estimate of drug-likeness (QED) is 0.867. The molecule has 0 aliphatic rings. The van der Waals surface area contributed by atoms with E-state index in [2.05, 4.69) is 44.3 Å². The monoisotopic (exact) mass is 280 g/mol. The van der Waals surface area contributed by atoms with Crippen LogP contribution in [0.15, 0.2) is 6.20 Å². The van der Waals surface area contributed by atoms with Crippen LogP contribution >= 0.6 is 0 Å². The minimum Gasteiger partial charge on any atom is -0.369 e. The lowest BCUT2D eigenvalue weighted by atomic mass is 9.92. The number of nitrogens with two attached hydrogens (primary N) is 1. The van der Waals surface area contributed by atoms with Gasteiger partial charge < -0.3 is 11.1 Å². The summed E-state index contributed by atoms with van der Waals surface area (Å²) in [5, 5.41) is 7.94. The maximum Gasteiger partial charge on any atom is 0.224 e. The average Bonchev–Trinajstić information content (AvgIpc) is 2.68. The summed E-state index contributed by atoms with van der Waals surface area (Å²) in [6, 6.07) is 0.129. The lowest BCUT2D eigenvalue weighted by molar-refractivity contribution is -0.125. The summed E-state index contributed by atoms with van der Waals surface area (Å²) in [6.07, 6.45) is 2.07. The molecule has 5 nitrogen and oxygen atoms in total. The first-order valence-electron chi connectivity index (χ1n) is 7.05. The van der Waals surface area contributed by atoms with Gasteiger partial charge in [-0.05, 0) is 48.5 Å². The second kappa shape index (κ2) is 5.56. The van der Waals surface area contributed by atoms with Gasteiger partial charge in [0.15, 0.2) is 0 Å². The molecule has 3 N–H and O–H groups in total. The first-order valence-corrected chi connectivity index (χ1v) is 7.05. The fraction of sp³-hybridized carbons (Fsp3) is 0.733. The summed E-state index contributed by atoms with van der Waals surface area (Å²) in [4.78, 5) is 11.3. The molecule has 0 fully saturated rings. The van der Waals surface area contributed by atoms with E-state index < -0.39 is 5.41 Å². The van der Waals surface area contributed by atoms with E-state index in [4.69, 9.17) is 5.73 Å². The molecule has 0 aromatic carbocycles. The molecule has 0 bridgehead atoms. The van der Waals surface area contributed by atoms with Gasteiger partial charge in [0.25, 0.3) is 0 Å². The summed E-state index contributed by atoms with van der Waals surface area (Å²) >= 11 is 0. The van der Waals surface area contributed by atoms with E-state index in [9.17, 15) is 4.79 Å². The van der Waals surface area contributed by atoms with Gasteiger partial charge in [0.2, 0.25) is 5.91 Å². The molecule has 1 amide bonds. The van der Waals surface area contributed by atoms with Crippen LogP contribution in [0.4, 0.5) is 0 Å². The molecule has 1 heterocycles. The number of aryl methyl sites for hydroxylation is 1. The van der Waals surface area contributed by atoms with Crippen LogP contribution in [0.25, 0.3) is 0 Å². The third kappa shape index (κ3) is 3.82. The summed E-state index contributed by atoms with van der Waals surface area (Å²) in [6.45, 7) is 14.7. The van der Waals surface area contributed by atoms with Crippen molar-refractivity contribution >= 4 is 5.91 Å². The Kier molecular flexibility index (Phi) is 4.64. The fourth-order valence-corrected chi connectivity index (χ4v) is 1.85. The molecule has 0 unspecified atom stereocenters. The van der Waals surface area contributed by atoms with Crippen molar-refractivity contribution in [3.8, 4) is 0 Å². The number of rotatable bonds is 5. The lowest BCUT2D eigenvalue weighted by Crippen LogP contribution is -2.41. The molecule has 0 radical (unpaired) electrons. The summed E-state index contributed by atoms with van der Waals surface area (Å²) in [7, 11) is 0. The highest BCUT2D eigenvalue weighted by Crippen LogP contribution is 2.22. The molecule has 0 spiro atoms. The van der Waals surface area contributed by atoms with Gasteiger partial charge in [-0.3, -0.25) is 9.48 Å². The Morgan fingerprint density at radius 2 is 1.95 bits per heavy atom. The molecule has 1 aromatic rings. The van der Waals surface area contributed by atoms with E-state index in [1.54, 1.807) is 0 Å². The van der Waals surface area contributed by atoms with Crippen LogP contribution in [0.1, 0.15) is 58.8 Å². The third-order valence-electron chi connectivity index (χ3n) is 3.61. The van der Waals surface area contributed by atoms with Crippen LogP contribution in [0.3, 0.4) is 0 Å². The Hall–Kier alpha value is -1.36. The Morgan fingerprint density at radius 3 is 2.35 bits per heavy atom. The van der Waals surface area contributed by atoms with Gasteiger partial charge in [0, 0.05) is 24.3 Å². The van der Waals surface area contributed by atoms with Gasteiger partial charge in [-0.2, -0.15) is 5.10 Å². The Balaban J connectivity index is 2.81. The van der Waals surface area contributed by atoms with E-state index in [-0.39, 0.29) is 17.5 Å². The minimum atomic E-state index is -0.553. The molecule has 0 saturated carbocycles. The molecule has 114 valence electrons. The summed E-state index contributed by atoms with van der Waals surface area (Å²) in [5.41, 5.74) is 6.97. The molecule has 1 aromatic heterocycles. The molecule has 1 atom stereocenters. The topological polar surface area (TPSA) is 72.9 Å². The zero-order chi connectivity index (χ0) is 15.7. The van der Waals surface area contributed by atoms with Crippen LogP contribution in [0.2, 0.25) is 0 Å². The van der Waals surface area contributed by atoms with Gasteiger partial charge in [-0.15, -0.1) is 0 Å². The third-order valence-corrected chi connectivity index (χ3v) is 3.61. The van der Waals surface area contributed by atoms with E-state index in [1.807, 2.05) is 25.5 Å². The van der Waals surface area contributed by atoms with Crippen molar-refractivity contribution in [3.05, 3.63) is 17.5 Å². The number of primary amides is 1. The molecule has 0 aliphatic heterocycles. The van der Waals surface area contributed by atoms with Crippen LogP contribution in [0, 0.1) is 12.3 Å². The Labute approximate surface area is 121 Å². The number of carbonyl (C=O) groups excluding carboxylic acids is 1. The second-order valence-corrected chi connectivity index (χ2v) is 7.14. The van der Waals surface area contributed by atoms with Crippen LogP contribution in [-0.4, -0.2) is 22.2 Å². The van der Waals surface area contributed by atoms with Crippen molar-refractivity contribution in [1.82, 2.24) is 15.1 Å². The Bertz CT molecular complexity index is 483. The van der Waals surface area contributed by atoms with Crippen LogP contribution < -0.4 is 11.1 Å². The zero-order valence-corrected chi connectivity index (χ0v) is 13.7. The highest BCUT2D eigenvalue weighted by atomic mass is 16.1. The van der Waals surface area contributed by atoms with Gasteiger partial charge in [0.05, 0.1) is 16.6 Å². The smallest absolute Gasteiger partial charge is 0.224 e. The molecule has 1 rings (SSSR count). The minimum absolute atomic E-state index is 0.0325. The Morgan fingerprint density at radius 1 is 1.40 bits per heavy atom. The van der Waals surface area contributed by atoms with Crippen molar-refractivity contribution in [2.24, 2.45) is 11.1 Å². The summed E-state index contributed by atoms with van der Waals surface area (Å²) in [5.74, 6) is -0.292. The lowest BCUT2D eigenvalue weighted by Gasteiger charge is -2.24. The number of carbonyl (C=O) groups is 1. The predicted molar refractivity (Wildman–Crippen MR) is 81.4 cm³/mol. The maximum atomic E-state index is 11.3. The molecular formula is C15H28N4O. The number of aromatic nitrogens is 2. The van der Waals surface area contributed by atoms with Gasteiger partial charge in [-0.25, -0.2) is 0 Å². The fourth-order valence-electron chi connectivity index (χ4n) is 1.85. The molecule has 20 heavy (non-hydrogen) atoms. The van der Waals surface area contributed by atoms with E-state index in [1.165, 1.54) is 0 Å². The molecular weight excluding hydrogens is 252 g/mol. The first-order chi connectivity index (χ1) is 8.95. The second-order valence-electron chi connectivity index (χ2n) is 7.14. The van der Waals surface area contributed by atoms with Crippen molar-refractivity contribution < 1.29 is 4.79 Å². The number of nitrogens with one attached hydrogen (secondary N) is 1. The number of nitrogens with zero attached hydrogens (tertiary/aromatic N) is 2. The van der Waals surface area contributed by atoms with Gasteiger partial charge >= 0.3 is 0 Å². The average molecular weight is 280 g/mol. The van der Waals surface area contributed by atoms with E-state index >= 15 is 0 Å². The van der Waals surface area contributed by atoms with Crippen molar-refractivity contribution in [2.75, 3.05) is 6.54 Å². The first kappa shape index (κ1) is 16.7. The van der Waals surface area contributed by atoms with E-state index in [0.29, 0.717) is 6.54 Å². The SMILES string of the molecule is Cc1nn(C(C)(C)C)cc1[C@H](C)NCC(C)(C)C(N)=O. The highest BCUT2D eigenvalue weighted by molar-refractivity contribution is 5.80. The van der Waals surface area contributed by atoms with Crippen molar-refractivity contribution in [3.63, 3.8) is 0 Å². The van der Waals surface area contributed by atoms with Crippen LogP contribution in [-0.2, 0) is 10.3 Å². The molecule has 0 saturated heterocycles.